The second-order valence-electron chi connectivity index (χ2n) is 7.73. The fraction of sp³-hybridized carbons (Fsp3) is 0.200. The van der Waals surface area contributed by atoms with Crippen LogP contribution in [0.3, 0.4) is 0 Å². The Morgan fingerprint density at radius 1 is 1.00 bits per heavy atom. The first-order chi connectivity index (χ1) is 16.2. The first-order valence-electron chi connectivity index (χ1n) is 10.7. The van der Waals surface area contributed by atoms with Crippen LogP contribution in [0.25, 0.3) is 10.9 Å². The topological polar surface area (TPSA) is 92.5 Å². The molecule has 0 aliphatic carbocycles. The van der Waals surface area contributed by atoms with Gasteiger partial charge in [-0.15, -0.1) is 11.3 Å². The molecule has 2 aromatic heterocycles. The van der Waals surface area contributed by atoms with Gasteiger partial charge in [0.2, 0.25) is 5.91 Å². The first kappa shape index (κ1) is 21.1. The average molecular weight is 462 g/mol. The number of amides is 2. The largest absolute Gasteiger partial charge is 0.486 e. The van der Waals surface area contributed by atoms with Crippen LogP contribution in [0.1, 0.15) is 20.8 Å². The number of rotatable bonds is 7. The third-order valence-electron chi connectivity index (χ3n) is 5.57. The van der Waals surface area contributed by atoms with Gasteiger partial charge in [-0.2, -0.15) is 0 Å². The number of carbonyl (C=O) groups is 2. The van der Waals surface area contributed by atoms with Crippen molar-refractivity contribution in [3.63, 3.8) is 0 Å². The Bertz CT molecular complexity index is 1280. The third kappa shape index (κ3) is 4.56. The molecule has 0 saturated carbocycles. The summed E-state index contributed by atoms with van der Waals surface area (Å²) < 4.78 is 11.4. The molecular weight excluding hydrogens is 438 g/mol. The highest BCUT2D eigenvalue weighted by Crippen LogP contribution is 2.33. The van der Waals surface area contributed by atoms with Crippen molar-refractivity contribution in [2.45, 2.75) is 19.0 Å². The van der Waals surface area contributed by atoms with E-state index in [0.717, 1.165) is 22.0 Å². The van der Waals surface area contributed by atoms with Crippen molar-refractivity contribution in [1.82, 2.24) is 15.6 Å². The molecule has 3 N–H and O–H groups in total. The summed E-state index contributed by atoms with van der Waals surface area (Å²) in [5, 5.41) is 8.74. The molecule has 5 rings (SSSR count). The number of nitrogens with one attached hydrogen (secondary N) is 3. The average Bonchev–Trinajstić information content (AvgIpc) is 3.53. The van der Waals surface area contributed by atoms with Crippen molar-refractivity contribution >= 4 is 34.1 Å². The fourth-order valence-electron chi connectivity index (χ4n) is 3.95. The second kappa shape index (κ2) is 9.38. The smallest absolute Gasteiger partial charge is 0.262 e. The number of benzene rings is 2. The molecular formula is C25H23N3O4S. The standard InChI is InChI=1S/C25H23N3O4S/c29-24(27-14-16-5-3-8-21-23(16)32-11-10-31-21)20(28-25(30)22-9-4-12-33-22)13-17-15-26-19-7-2-1-6-18(17)19/h1-9,12,15,20,26H,10-11,13-14H2,(H,27,29)(H,28,30). The van der Waals surface area contributed by atoms with Gasteiger partial charge in [0.1, 0.15) is 19.3 Å². The highest BCUT2D eigenvalue weighted by Gasteiger charge is 2.24. The minimum atomic E-state index is -0.740. The summed E-state index contributed by atoms with van der Waals surface area (Å²) in [6.07, 6.45) is 2.25. The highest BCUT2D eigenvalue weighted by atomic mass is 32.1. The molecule has 0 saturated heterocycles. The number of hydrogen-bond donors (Lipinski definition) is 3. The lowest BCUT2D eigenvalue weighted by Crippen LogP contribution is -2.47. The maximum Gasteiger partial charge on any atom is 0.262 e. The summed E-state index contributed by atoms with van der Waals surface area (Å²) >= 11 is 1.34. The zero-order valence-electron chi connectivity index (χ0n) is 17.8. The number of para-hydroxylation sites is 2. The van der Waals surface area contributed by atoms with Crippen LogP contribution in [0, 0.1) is 0 Å². The van der Waals surface area contributed by atoms with E-state index in [1.807, 2.05) is 60.1 Å². The molecule has 2 aromatic carbocycles. The fourth-order valence-corrected chi connectivity index (χ4v) is 4.57. The Labute approximate surface area is 194 Å². The van der Waals surface area contributed by atoms with Gasteiger partial charge in [0.15, 0.2) is 11.5 Å². The first-order valence-corrected chi connectivity index (χ1v) is 11.6. The third-order valence-corrected chi connectivity index (χ3v) is 6.44. The van der Waals surface area contributed by atoms with E-state index in [1.165, 1.54) is 11.3 Å². The molecule has 1 aliphatic rings. The molecule has 4 aromatic rings. The minimum Gasteiger partial charge on any atom is -0.486 e. The number of thiophene rings is 1. The van der Waals surface area contributed by atoms with E-state index in [2.05, 4.69) is 15.6 Å². The Balaban J connectivity index is 1.35. The van der Waals surface area contributed by atoms with Crippen LogP contribution < -0.4 is 20.1 Å². The van der Waals surface area contributed by atoms with Crippen LogP contribution in [-0.2, 0) is 17.8 Å². The zero-order valence-corrected chi connectivity index (χ0v) is 18.6. The molecule has 2 amide bonds. The number of H-pyrrole nitrogens is 1. The van der Waals surface area contributed by atoms with Crippen LogP contribution in [0.2, 0.25) is 0 Å². The molecule has 0 fully saturated rings. The van der Waals surface area contributed by atoms with Crippen LogP contribution in [0.15, 0.2) is 66.2 Å². The molecule has 0 spiro atoms. The van der Waals surface area contributed by atoms with Gasteiger partial charge >= 0.3 is 0 Å². The van der Waals surface area contributed by atoms with Crippen LogP contribution >= 0.6 is 11.3 Å². The zero-order chi connectivity index (χ0) is 22.6. The SMILES string of the molecule is O=C(NC(Cc1c[nH]c2ccccc12)C(=O)NCc1cccc2c1OCCO2)c1cccs1. The predicted molar refractivity (Wildman–Crippen MR) is 127 cm³/mol. The normalized spacial score (nSPS) is 13.5. The van der Waals surface area contributed by atoms with Crippen LogP contribution in [-0.4, -0.2) is 36.1 Å². The summed E-state index contributed by atoms with van der Waals surface area (Å²) in [5.74, 6) is 0.799. The van der Waals surface area contributed by atoms with Crippen molar-refractivity contribution in [3.8, 4) is 11.5 Å². The number of aromatic nitrogens is 1. The van der Waals surface area contributed by atoms with E-state index >= 15 is 0 Å². The van der Waals surface area contributed by atoms with Gasteiger partial charge in [-0.1, -0.05) is 36.4 Å². The Morgan fingerprint density at radius 2 is 1.88 bits per heavy atom. The number of fused-ring (bicyclic) bond motifs is 2. The van der Waals surface area contributed by atoms with E-state index < -0.39 is 6.04 Å². The van der Waals surface area contributed by atoms with Crippen LogP contribution in [0.4, 0.5) is 0 Å². The van der Waals surface area contributed by atoms with Crippen molar-refractivity contribution < 1.29 is 19.1 Å². The molecule has 33 heavy (non-hydrogen) atoms. The lowest BCUT2D eigenvalue weighted by Gasteiger charge is -2.22. The van der Waals surface area contributed by atoms with E-state index in [9.17, 15) is 9.59 Å². The summed E-state index contributed by atoms with van der Waals surface area (Å²) in [4.78, 5) is 29.8. The van der Waals surface area contributed by atoms with Gasteiger partial charge in [-0.3, -0.25) is 9.59 Å². The summed E-state index contributed by atoms with van der Waals surface area (Å²) in [6, 6.07) is 16.3. The van der Waals surface area contributed by atoms with Crippen molar-refractivity contribution in [3.05, 3.63) is 82.2 Å². The van der Waals surface area contributed by atoms with Gasteiger partial charge < -0.3 is 25.1 Å². The predicted octanol–water partition coefficient (Wildman–Crippen LogP) is 3.66. The van der Waals surface area contributed by atoms with E-state index in [4.69, 9.17) is 9.47 Å². The van der Waals surface area contributed by atoms with Gasteiger partial charge in [-0.05, 0) is 29.1 Å². The van der Waals surface area contributed by atoms with Gasteiger partial charge in [0.25, 0.3) is 5.91 Å². The Hall–Kier alpha value is -3.78. The number of ether oxygens (including phenoxy) is 2. The molecule has 0 radical (unpaired) electrons. The number of hydrogen-bond acceptors (Lipinski definition) is 5. The summed E-state index contributed by atoms with van der Waals surface area (Å²) in [6.45, 7) is 1.24. The molecule has 1 aliphatic heterocycles. The summed E-state index contributed by atoms with van der Waals surface area (Å²) in [7, 11) is 0. The molecule has 8 heteroatoms. The maximum atomic E-state index is 13.2. The van der Waals surface area contributed by atoms with E-state index in [0.29, 0.717) is 36.0 Å². The lowest BCUT2D eigenvalue weighted by atomic mass is 10.0. The molecule has 168 valence electrons. The molecule has 1 atom stereocenters. The monoisotopic (exact) mass is 461 g/mol. The second-order valence-corrected chi connectivity index (χ2v) is 8.67. The Kier molecular flexibility index (Phi) is 5.99. The molecule has 3 heterocycles. The Morgan fingerprint density at radius 3 is 2.76 bits per heavy atom. The quantitative estimate of drug-likeness (QED) is 0.392. The van der Waals surface area contributed by atoms with Crippen molar-refractivity contribution in [1.29, 1.82) is 0 Å². The highest BCUT2D eigenvalue weighted by molar-refractivity contribution is 7.12. The number of aromatic amines is 1. The number of carbonyl (C=O) groups excluding carboxylic acids is 2. The van der Waals surface area contributed by atoms with E-state index in [1.54, 1.807) is 6.07 Å². The summed E-state index contributed by atoms with van der Waals surface area (Å²) in [5.41, 5.74) is 2.78. The molecule has 7 nitrogen and oxygen atoms in total. The molecule has 1 unspecified atom stereocenters. The van der Waals surface area contributed by atoms with Crippen molar-refractivity contribution in [2.24, 2.45) is 0 Å². The molecule has 0 bridgehead atoms. The van der Waals surface area contributed by atoms with E-state index in [-0.39, 0.29) is 18.4 Å². The van der Waals surface area contributed by atoms with Gasteiger partial charge in [0, 0.05) is 35.6 Å². The van der Waals surface area contributed by atoms with Gasteiger partial charge in [-0.25, -0.2) is 0 Å². The minimum absolute atomic E-state index is 0.264. The lowest BCUT2D eigenvalue weighted by molar-refractivity contribution is -0.123. The van der Waals surface area contributed by atoms with Crippen LogP contribution in [0.5, 0.6) is 11.5 Å². The van der Waals surface area contributed by atoms with Crippen molar-refractivity contribution in [2.75, 3.05) is 13.2 Å². The van der Waals surface area contributed by atoms with Gasteiger partial charge in [0.05, 0.1) is 4.88 Å². The maximum absolute atomic E-state index is 13.2.